The van der Waals surface area contributed by atoms with Gasteiger partial charge in [-0.15, -0.1) is 5.10 Å². The van der Waals surface area contributed by atoms with Crippen molar-refractivity contribution in [2.45, 2.75) is 13.5 Å². The minimum Gasteiger partial charge on any atom is -0.489 e. The smallest absolute Gasteiger partial charge is 0.240 e. The van der Waals surface area contributed by atoms with Crippen LogP contribution in [0.15, 0.2) is 60.8 Å². The highest BCUT2D eigenvalue weighted by Crippen LogP contribution is 2.23. The number of aryl methyl sites for hydroxylation is 1. The first-order chi connectivity index (χ1) is 12.2. The molecule has 25 heavy (non-hydrogen) atoms. The summed E-state index contributed by atoms with van der Waals surface area (Å²) in [5, 5.41) is 4.24. The lowest BCUT2D eigenvalue weighted by atomic mass is 10.1. The Morgan fingerprint density at radius 2 is 1.88 bits per heavy atom. The first kappa shape index (κ1) is 15.1. The summed E-state index contributed by atoms with van der Waals surface area (Å²) in [5.41, 5.74) is 10.4. The van der Waals surface area contributed by atoms with Crippen LogP contribution < -0.4 is 10.5 Å². The van der Waals surface area contributed by atoms with Gasteiger partial charge in [0.15, 0.2) is 5.65 Å². The third-order valence-corrected chi connectivity index (χ3v) is 3.90. The normalized spacial score (nSPS) is 10.9. The number of hydrogen-bond acceptors (Lipinski definition) is 5. The van der Waals surface area contributed by atoms with Crippen molar-refractivity contribution in [3.8, 4) is 17.0 Å². The van der Waals surface area contributed by atoms with Crippen LogP contribution in [-0.2, 0) is 6.61 Å². The molecule has 6 nitrogen and oxygen atoms in total. The van der Waals surface area contributed by atoms with Crippen molar-refractivity contribution in [1.29, 1.82) is 0 Å². The van der Waals surface area contributed by atoms with Crippen molar-refractivity contribution in [2.24, 2.45) is 0 Å². The van der Waals surface area contributed by atoms with E-state index < -0.39 is 0 Å². The van der Waals surface area contributed by atoms with E-state index in [0.717, 1.165) is 33.9 Å². The van der Waals surface area contributed by atoms with E-state index in [1.165, 1.54) is 0 Å². The van der Waals surface area contributed by atoms with E-state index in [9.17, 15) is 0 Å². The van der Waals surface area contributed by atoms with E-state index >= 15 is 0 Å². The fourth-order valence-corrected chi connectivity index (χ4v) is 2.61. The van der Waals surface area contributed by atoms with Gasteiger partial charge in [-0.2, -0.15) is 4.98 Å². The van der Waals surface area contributed by atoms with Crippen LogP contribution in [0.1, 0.15) is 11.3 Å². The third-order valence-electron chi connectivity index (χ3n) is 3.90. The van der Waals surface area contributed by atoms with E-state index in [-0.39, 0.29) is 5.95 Å². The molecule has 0 spiro atoms. The van der Waals surface area contributed by atoms with Crippen LogP contribution in [0.25, 0.3) is 16.9 Å². The van der Waals surface area contributed by atoms with Gasteiger partial charge in [-0.3, -0.25) is 4.98 Å². The number of rotatable bonds is 4. The molecule has 0 aliphatic heterocycles. The van der Waals surface area contributed by atoms with Crippen LogP contribution in [0.5, 0.6) is 5.75 Å². The molecule has 0 unspecified atom stereocenters. The van der Waals surface area contributed by atoms with Crippen LogP contribution in [0.4, 0.5) is 5.95 Å². The maximum absolute atomic E-state index is 5.82. The second-order valence-corrected chi connectivity index (χ2v) is 5.77. The van der Waals surface area contributed by atoms with Crippen molar-refractivity contribution in [3.63, 3.8) is 0 Å². The monoisotopic (exact) mass is 331 g/mol. The zero-order valence-electron chi connectivity index (χ0n) is 13.8. The molecule has 4 rings (SSSR count). The molecule has 3 aromatic heterocycles. The number of ether oxygens (including phenoxy) is 1. The van der Waals surface area contributed by atoms with E-state index in [0.29, 0.717) is 6.61 Å². The molecule has 4 aromatic rings. The molecule has 3 heterocycles. The lowest BCUT2D eigenvalue weighted by molar-refractivity contribution is 0.306. The quantitative estimate of drug-likeness (QED) is 0.621. The zero-order chi connectivity index (χ0) is 17.2. The van der Waals surface area contributed by atoms with E-state index in [4.69, 9.17) is 10.5 Å². The summed E-state index contributed by atoms with van der Waals surface area (Å²) in [4.78, 5) is 8.46. The number of hydrogen-bond donors (Lipinski definition) is 1. The van der Waals surface area contributed by atoms with Gasteiger partial charge in [-0.25, -0.2) is 4.52 Å². The Balaban J connectivity index is 1.54. The predicted octanol–water partition coefficient (Wildman–Crippen LogP) is 3.26. The van der Waals surface area contributed by atoms with Gasteiger partial charge in [0.05, 0.1) is 5.69 Å². The van der Waals surface area contributed by atoms with E-state index in [1.807, 2.05) is 67.7 Å². The second kappa shape index (κ2) is 6.24. The molecule has 2 N–H and O–H groups in total. The average molecular weight is 331 g/mol. The largest absolute Gasteiger partial charge is 0.489 e. The zero-order valence-corrected chi connectivity index (χ0v) is 13.8. The minimum absolute atomic E-state index is 0.263. The fourth-order valence-electron chi connectivity index (χ4n) is 2.61. The number of nitrogen functional groups attached to an aromatic ring is 1. The number of fused-ring (bicyclic) bond motifs is 1. The first-order valence-corrected chi connectivity index (χ1v) is 7.95. The topological polar surface area (TPSA) is 78.3 Å². The average Bonchev–Trinajstić information content (AvgIpc) is 3.02. The predicted molar refractivity (Wildman–Crippen MR) is 96.1 cm³/mol. The van der Waals surface area contributed by atoms with E-state index in [2.05, 4.69) is 15.1 Å². The maximum atomic E-state index is 5.82. The summed E-state index contributed by atoms with van der Waals surface area (Å²) in [5.74, 6) is 1.06. The van der Waals surface area contributed by atoms with Gasteiger partial charge in [0.25, 0.3) is 0 Å². The fraction of sp³-hybridized carbons (Fsp3) is 0.105. The summed E-state index contributed by atoms with van der Waals surface area (Å²) in [6.07, 6.45) is 1.83. The lowest BCUT2D eigenvalue weighted by Gasteiger charge is -2.08. The van der Waals surface area contributed by atoms with Gasteiger partial charge in [-0.05, 0) is 49.4 Å². The molecule has 0 saturated carbocycles. The van der Waals surface area contributed by atoms with Crippen LogP contribution >= 0.6 is 0 Å². The molecule has 0 fully saturated rings. The van der Waals surface area contributed by atoms with Gasteiger partial charge in [0.1, 0.15) is 12.4 Å². The van der Waals surface area contributed by atoms with Crippen LogP contribution in [0.3, 0.4) is 0 Å². The molecule has 0 aliphatic carbocycles. The Bertz CT molecular complexity index is 1010. The molecule has 0 aliphatic rings. The summed E-state index contributed by atoms with van der Waals surface area (Å²) in [7, 11) is 0. The third kappa shape index (κ3) is 3.14. The Hall–Kier alpha value is -3.41. The molecular weight excluding hydrogens is 314 g/mol. The highest BCUT2D eigenvalue weighted by atomic mass is 16.5. The molecule has 0 atom stereocenters. The van der Waals surface area contributed by atoms with Crippen LogP contribution in [0.2, 0.25) is 0 Å². The van der Waals surface area contributed by atoms with Gasteiger partial charge in [-0.1, -0.05) is 12.1 Å². The van der Waals surface area contributed by atoms with E-state index in [1.54, 1.807) is 4.52 Å². The number of nitrogens with two attached hydrogens (primary N) is 1. The molecule has 0 amide bonds. The minimum atomic E-state index is 0.263. The number of benzene rings is 1. The van der Waals surface area contributed by atoms with Gasteiger partial charge in [0.2, 0.25) is 5.95 Å². The van der Waals surface area contributed by atoms with Crippen molar-refractivity contribution < 1.29 is 4.74 Å². The van der Waals surface area contributed by atoms with Crippen molar-refractivity contribution >= 4 is 11.6 Å². The molecule has 0 saturated heterocycles. The number of nitrogens with zero attached hydrogens (tertiary/aromatic N) is 4. The van der Waals surface area contributed by atoms with Crippen molar-refractivity contribution in [2.75, 3.05) is 5.73 Å². The number of pyridine rings is 2. The SMILES string of the molecule is Cc1ccc(COc2ccc(-c3cccc4nc(N)nn34)cc2)cn1. The summed E-state index contributed by atoms with van der Waals surface area (Å²) in [6, 6.07) is 17.7. The lowest BCUT2D eigenvalue weighted by Crippen LogP contribution is -1.97. The maximum Gasteiger partial charge on any atom is 0.240 e. The standard InChI is InChI=1S/C19H17N5O/c1-13-5-6-14(11-21-13)12-25-16-9-7-15(8-10-16)17-3-2-4-18-22-19(20)23-24(17)18/h2-11H,12H2,1H3,(H2,20,23). The Kier molecular flexibility index (Phi) is 3.78. The Morgan fingerprint density at radius 1 is 1.04 bits per heavy atom. The van der Waals surface area contributed by atoms with Gasteiger partial charge in [0, 0.05) is 23.0 Å². The number of aromatic nitrogens is 4. The summed E-state index contributed by atoms with van der Waals surface area (Å²) in [6.45, 7) is 2.45. The second-order valence-electron chi connectivity index (χ2n) is 5.77. The highest BCUT2D eigenvalue weighted by molar-refractivity contribution is 5.64. The van der Waals surface area contributed by atoms with Crippen molar-refractivity contribution in [3.05, 3.63) is 72.1 Å². The Morgan fingerprint density at radius 3 is 2.64 bits per heavy atom. The first-order valence-electron chi connectivity index (χ1n) is 7.95. The highest BCUT2D eigenvalue weighted by Gasteiger charge is 2.07. The van der Waals surface area contributed by atoms with Gasteiger partial charge < -0.3 is 10.5 Å². The Labute approximate surface area is 144 Å². The van der Waals surface area contributed by atoms with Crippen LogP contribution in [-0.4, -0.2) is 19.6 Å². The molecule has 6 heteroatoms. The molecule has 1 aromatic carbocycles. The molecular formula is C19H17N5O. The molecule has 0 radical (unpaired) electrons. The molecule has 124 valence electrons. The molecule has 0 bridgehead atoms. The van der Waals surface area contributed by atoms with Crippen LogP contribution in [0, 0.1) is 6.92 Å². The van der Waals surface area contributed by atoms with Gasteiger partial charge >= 0.3 is 0 Å². The summed E-state index contributed by atoms with van der Waals surface area (Å²) < 4.78 is 7.56. The summed E-state index contributed by atoms with van der Waals surface area (Å²) >= 11 is 0. The number of anilines is 1. The van der Waals surface area contributed by atoms with Crippen molar-refractivity contribution in [1.82, 2.24) is 19.6 Å².